The number of carbonyl (C=O) groups is 3. The van der Waals surface area contributed by atoms with Gasteiger partial charge in [0.05, 0.1) is 18.1 Å². The summed E-state index contributed by atoms with van der Waals surface area (Å²) in [7, 11) is 0. The SMILES string of the molecule is CCOc1ccc(C[C@@H](C(=O)N[C@@H](Cc2ccccc2)C(=O)NCc2ccc(CN)cc2)c2cc(C(N)=O)c(Cl)nc2Cl)cc1. The molecule has 9 nitrogen and oxygen atoms in total. The summed E-state index contributed by atoms with van der Waals surface area (Å²) in [4.78, 5) is 43.9. The van der Waals surface area contributed by atoms with Crippen LogP contribution in [0.4, 0.5) is 0 Å². The van der Waals surface area contributed by atoms with Crippen molar-refractivity contribution in [2.24, 2.45) is 11.5 Å². The predicted molar refractivity (Wildman–Crippen MR) is 175 cm³/mol. The fraction of sp³-hybridized carbons (Fsp3) is 0.235. The number of hydrogen-bond acceptors (Lipinski definition) is 6. The summed E-state index contributed by atoms with van der Waals surface area (Å²) >= 11 is 12.6. The molecule has 234 valence electrons. The maximum Gasteiger partial charge on any atom is 0.251 e. The van der Waals surface area contributed by atoms with Gasteiger partial charge in [-0.25, -0.2) is 4.98 Å². The van der Waals surface area contributed by atoms with Crippen LogP contribution in [0.5, 0.6) is 5.75 Å². The van der Waals surface area contributed by atoms with Gasteiger partial charge in [0.1, 0.15) is 22.1 Å². The van der Waals surface area contributed by atoms with Crippen molar-refractivity contribution in [3.05, 3.63) is 129 Å². The molecule has 0 unspecified atom stereocenters. The molecule has 0 spiro atoms. The van der Waals surface area contributed by atoms with E-state index in [9.17, 15) is 14.4 Å². The number of halogens is 2. The maximum atomic E-state index is 14.1. The van der Waals surface area contributed by atoms with Gasteiger partial charge in [0, 0.05) is 25.1 Å². The van der Waals surface area contributed by atoms with Gasteiger partial charge in [-0.1, -0.05) is 89.9 Å². The van der Waals surface area contributed by atoms with Gasteiger partial charge in [-0.15, -0.1) is 0 Å². The number of aromatic nitrogens is 1. The van der Waals surface area contributed by atoms with Gasteiger partial charge >= 0.3 is 0 Å². The lowest BCUT2D eigenvalue weighted by atomic mass is 9.90. The number of nitrogens with one attached hydrogen (secondary N) is 2. The number of carbonyl (C=O) groups excluding carboxylic acids is 3. The number of pyridine rings is 1. The molecule has 0 aliphatic heterocycles. The Morgan fingerprint density at radius 2 is 1.44 bits per heavy atom. The van der Waals surface area contributed by atoms with E-state index < -0.39 is 23.8 Å². The lowest BCUT2D eigenvalue weighted by Crippen LogP contribution is -2.49. The Morgan fingerprint density at radius 3 is 2.07 bits per heavy atom. The number of benzene rings is 3. The number of primary amides is 1. The molecule has 0 radical (unpaired) electrons. The van der Waals surface area contributed by atoms with Gasteiger partial charge in [-0.3, -0.25) is 14.4 Å². The van der Waals surface area contributed by atoms with Gasteiger partial charge in [0.2, 0.25) is 11.8 Å². The first kappa shape index (κ1) is 33.5. The summed E-state index contributed by atoms with van der Waals surface area (Å²) in [6, 6.07) is 24.7. The van der Waals surface area contributed by atoms with Gasteiger partial charge in [-0.05, 0) is 53.8 Å². The third-order valence-corrected chi connectivity index (χ3v) is 7.82. The third-order valence-electron chi connectivity index (χ3n) is 7.23. The van der Waals surface area contributed by atoms with Crippen molar-refractivity contribution >= 4 is 40.9 Å². The van der Waals surface area contributed by atoms with Crippen LogP contribution in [0.2, 0.25) is 10.3 Å². The van der Waals surface area contributed by atoms with Crippen molar-refractivity contribution in [3.8, 4) is 5.75 Å². The zero-order chi connectivity index (χ0) is 32.3. The highest BCUT2D eigenvalue weighted by molar-refractivity contribution is 6.35. The Labute approximate surface area is 272 Å². The number of rotatable bonds is 14. The molecule has 0 bridgehead atoms. The van der Waals surface area contributed by atoms with Gasteiger partial charge in [-0.2, -0.15) is 0 Å². The average Bonchev–Trinajstić information content (AvgIpc) is 3.04. The van der Waals surface area contributed by atoms with E-state index in [0.717, 1.165) is 22.3 Å². The molecule has 3 aromatic carbocycles. The normalized spacial score (nSPS) is 12.2. The highest BCUT2D eigenvalue weighted by atomic mass is 35.5. The molecule has 4 rings (SSSR count). The minimum absolute atomic E-state index is 0.0546. The van der Waals surface area contributed by atoms with Crippen molar-refractivity contribution in [1.82, 2.24) is 15.6 Å². The molecule has 2 atom stereocenters. The van der Waals surface area contributed by atoms with Crippen LogP contribution in [-0.2, 0) is 35.5 Å². The molecule has 0 aliphatic rings. The highest BCUT2D eigenvalue weighted by Crippen LogP contribution is 2.31. The van der Waals surface area contributed by atoms with Gasteiger partial charge in [0.25, 0.3) is 5.91 Å². The number of ether oxygens (including phenoxy) is 1. The lowest BCUT2D eigenvalue weighted by Gasteiger charge is -2.24. The molecule has 0 aliphatic carbocycles. The van der Waals surface area contributed by atoms with Crippen LogP contribution in [0, 0.1) is 0 Å². The first-order chi connectivity index (χ1) is 21.7. The van der Waals surface area contributed by atoms with Crippen molar-refractivity contribution in [3.63, 3.8) is 0 Å². The molecule has 1 heterocycles. The first-order valence-electron chi connectivity index (χ1n) is 14.5. The van der Waals surface area contributed by atoms with E-state index in [0.29, 0.717) is 18.9 Å². The Morgan fingerprint density at radius 1 is 0.822 bits per heavy atom. The molecule has 0 fully saturated rings. The van der Waals surface area contributed by atoms with E-state index in [4.69, 9.17) is 39.4 Å². The largest absolute Gasteiger partial charge is 0.494 e. The third kappa shape index (κ3) is 9.28. The van der Waals surface area contributed by atoms with Gasteiger partial charge < -0.3 is 26.8 Å². The van der Waals surface area contributed by atoms with E-state index in [-0.39, 0.29) is 46.7 Å². The number of nitrogens with zero attached hydrogens (tertiary/aromatic N) is 1. The summed E-state index contributed by atoms with van der Waals surface area (Å²) in [5.41, 5.74) is 14.9. The molecule has 0 saturated heterocycles. The van der Waals surface area contributed by atoms with Crippen LogP contribution in [0.25, 0.3) is 0 Å². The zero-order valence-corrected chi connectivity index (χ0v) is 26.3. The van der Waals surface area contributed by atoms with Crippen LogP contribution in [0.3, 0.4) is 0 Å². The predicted octanol–water partition coefficient (Wildman–Crippen LogP) is 4.71. The second-order valence-corrected chi connectivity index (χ2v) is 11.1. The van der Waals surface area contributed by atoms with Crippen molar-refractivity contribution in [1.29, 1.82) is 0 Å². The first-order valence-corrected chi connectivity index (χ1v) is 15.2. The van der Waals surface area contributed by atoms with Crippen LogP contribution >= 0.6 is 23.2 Å². The highest BCUT2D eigenvalue weighted by Gasteiger charge is 2.30. The van der Waals surface area contributed by atoms with Gasteiger partial charge in [0.15, 0.2) is 0 Å². The zero-order valence-electron chi connectivity index (χ0n) is 24.8. The smallest absolute Gasteiger partial charge is 0.251 e. The second-order valence-electron chi connectivity index (χ2n) is 10.4. The summed E-state index contributed by atoms with van der Waals surface area (Å²) in [6.07, 6.45) is 0.409. The summed E-state index contributed by atoms with van der Waals surface area (Å²) in [5, 5.41) is 5.65. The van der Waals surface area contributed by atoms with Crippen molar-refractivity contribution in [2.75, 3.05) is 6.61 Å². The minimum Gasteiger partial charge on any atom is -0.494 e. The van der Waals surface area contributed by atoms with E-state index >= 15 is 0 Å². The molecule has 11 heteroatoms. The number of hydrogen-bond donors (Lipinski definition) is 4. The van der Waals surface area contributed by atoms with Crippen molar-refractivity contribution < 1.29 is 19.1 Å². The van der Waals surface area contributed by atoms with Crippen molar-refractivity contribution in [2.45, 2.75) is 44.8 Å². The molecule has 6 N–H and O–H groups in total. The Hall–Kier alpha value is -4.44. The maximum absolute atomic E-state index is 14.1. The quantitative estimate of drug-likeness (QED) is 0.146. The lowest BCUT2D eigenvalue weighted by molar-refractivity contribution is -0.129. The van der Waals surface area contributed by atoms with Crippen LogP contribution in [-0.4, -0.2) is 35.4 Å². The fourth-order valence-electron chi connectivity index (χ4n) is 4.81. The standard InChI is InChI=1S/C34H35Cl2N5O4/c1-2-45-25-14-12-22(13-15-25)16-27(26-18-28(32(38)42)31(36)41-30(26)35)33(43)40-29(17-21-6-4-3-5-7-21)34(44)39-20-24-10-8-23(19-37)9-11-24/h3-15,18,27,29H,2,16-17,19-20,37H2,1H3,(H2,38,42)(H,39,44)(H,40,43)/t27-,29+/m1/s1. The number of amides is 3. The molecule has 45 heavy (non-hydrogen) atoms. The summed E-state index contributed by atoms with van der Waals surface area (Å²) in [5.74, 6) is -1.94. The molecule has 0 saturated carbocycles. The molecular weight excluding hydrogens is 613 g/mol. The Balaban J connectivity index is 1.64. The topological polar surface area (TPSA) is 149 Å². The van der Waals surface area contributed by atoms with Crippen LogP contribution < -0.4 is 26.8 Å². The van der Waals surface area contributed by atoms with E-state index in [1.54, 1.807) is 12.1 Å². The van der Waals surface area contributed by atoms with Crippen LogP contribution in [0.1, 0.15) is 51.0 Å². The molecule has 3 amide bonds. The Kier molecular flexibility index (Phi) is 11.9. The van der Waals surface area contributed by atoms with Crippen LogP contribution in [0.15, 0.2) is 84.9 Å². The van der Waals surface area contributed by atoms with E-state index in [1.807, 2.05) is 73.7 Å². The Bertz CT molecular complexity index is 1620. The molecular formula is C34H35Cl2N5O4. The fourth-order valence-corrected chi connectivity index (χ4v) is 5.35. The number of nitrogens with two attached hydrogens (primary N) is 2. The van der Waals surface area contributed by atoms with E-state index in [2.05, 4.69) is 15.6 Å². The minimum atomic E-state index is -0.951. The van der Waals surface area contributed by atoms with E-state index in [1.165, 1.54) is 6.07 Å². The summed E-state index contributed by atoms with van der Waals surface area (Å²) < 4.78 is 5.55. The monoisotopic (exact) mass is 647 g/mol. The molecule has 1 aromatic heterocycles. The molecule has 4 aromatic rings. The average molecular weight is 649 g/mol. The second kappa shape index (κ2) is 16.0. The summed E-state index contributed by atoms with van der Waals surface area (Å²) in [6.45, 7) is 3.08.